The van der Waals surface area contributed by atoms with Gasteiger partial charge < -0.3 is 0 Å². The summed E-state index contributed by atoms with van der Waals surface area (Å²) >= 11 is 5.68. The van der Waals surface area contributed by atoms with Crippen molar-refractivity contribution >= 4 is 19.1 Å². The summed E-state index contributed by atoms with van der Waals surface area (Å²) in [6.07, 6.45) is 0. The molecule has 1 rings (SSSR count). The standard InChI is InChI=1S/C7H10ClP/c1-6-3-9(5-8)4-7(6)2/h3-4H,5H2,1-2H3. The molecule has 0 amide bonds. The summed E-state index contributed by atoms with van der Waals surface area (Å²) in [6.45, 7) is 4.28. The molecule has 9 heavy (non-hydrogen) atoms. The molecule has 0 saturated carbocycles. The van der Waals surface area contributed by atoms with Crippen molar-refractivity contribution in [2.75, 3.05) is 0 Å². The lowest BCUT2D eigenvalue weighted by atomic mass is 10.2. The Balaban J connectivity index is 2.98. The summed E-state index contributed by atoms with van der Waals surface area (Å²) < 4.78 is 0. The summed E-state index contributed by atoms with van der Waals surface area (Å²) in [5.41, 5.74) is 3.59. The first kappa shape index (κ1) is 7.18. The molecule has 0 nitrogen and oxygen atoms in total. The highest BCUT2D eigenvalue weighted by Gasteiger charge is 1.95. The fraction of sp³-hybridized carbons (Fsp3) is 0.429. The van der Waals surface area contributed by atoms with Crippen molar-refractivity contribution in [2.24, 2.45) is 0 Å². The largest absolute Gasteiger partial charge is 0.117 e. The molecule has 50 valence electrons. The zero-order valence-electron chi connectivity index (χ0n) is 5.69. The third-order valence-electron chi connectivity index (χ3n) is 1.48. The minimum Gasteiger partial charge on any atom is -0.117 e. The van der Waals surface area contributed by atoms with E-state index in [4.69, 9.17) is 11.6 Å². The van der Waals surface area contributed by atoms with Gasteiger partial charge in [0.15, 0.2) is 0 Å². The SMILES string of the molecule is Cc1cp(CCl)cc1C. The summed E-state index contributed by atoms with van der Waals surface area (Å²) in [5, 5.41) is 0. The summed E-state index contributed by atoms with van der Waals surface area (Å²) in [7, 11) is -0.0802. The molecule has 1 aromatic rings. The van der Waals surface area contributed by atoms with Gasteiger partial charge in [-0.3, -0.25) is 0 Å². The smallest absolute Gasteiger partial charge is 0.0607 e. The van der Waals surface area contributed by atoms with Crippen molar-refractivity contribution in [1.82, 2.24) is 0 Å². The Kier molecular flexibility index (Phi) is 2.21. The molecule has 0 bridgehead atoms. The van der Waals surface area contributed by atoms with Crippen LogP contribution in [-0.4, -0.2) is 0 Å². The molecule has 0 unspecified atom stereocenters. The van der Waals surface area contributed by atoms with Gasteiger partial charge in [-0.25, -0.2) is 0 Å². The number of halogens is 1. The van der Waals surface area contributed by atoms with E-state index in [1.165, 1.54) is 11.1 Å². The maximum absolute atomic E-state index is 5.68. The quantitative estimate of drug-likeness (QED) is 0.552. The van der Waals surface area contributed by atoms with Gasteiger partial charge in [0.25, 0.3) is 0 Å². The maximum Gasteiger partial charge on any atom is 0.0607 e. The van der Waals surface area contributed by atoms with Gasteiger partial charge in [-0.1, -0.05) is 0 Å². The van der Waals surface area contributed by atoms with Gasteiger partial charge in [-0.2, -0.15) is 0 Å². The number of hydrogen-bond acceptors (Lipinski definition) is 0. The average Bonchev–Trinajstić information content (AvgIpc) is 2.13. The zero-order valence-corrected chi connectivity index (χ0v) is 7.34. The number of hydrogen-bond donors (Lipinski definition) is 0. The molecule has 0 saturated heterocycles. The molecule has 1 aromatic heterocycles. The second-order valence-electron chi connectivity index (χ2n) is 2.26. The molecule has 0 aromatic carbocycles. The molecule has 0 atom stereocenters. The number of rotatable bonds is 1. The van der Waals surface area contributed by atoms with E-state index in [9.17, 15) is 0 Å². The van der Waals surface area contributed by atoms with E-state index >= 15 is 0 Å². The van der Waals surface area contributed by atoms with Crippen LogP contribution in [0.2, 0.25) is 0 Å². The van der Waals surface area contributed by atoms with Crippen LogP contribution in [0.4, 0.5) is 0 Å². The Morgan fingerprint density at radius 1 is 1.33 bits per heavy atom. The van der Waals surface area contributed by atoms with Gasteiger partial charge in [0.05, 0.1) is 5.62 Å². The predicted molar refractivity (Wildman–Crippen MR) is 44.5 cm³/mol. The number of alkyl halides is 1. The normalized spacial score (nSPS) is 10.1. The second kappa shape index (κ2) is 2.77. The van der Waals surface area contributed by atoms with E-state index in [0.29, 0.717) is 0 Å². The average molecular weight is 161 g/mol. The third kappa shape index (κ3) is 1.50. The molecule has 1 heterocycles. The fourth-order valence-electron chi connectivity index (χ4n) is 0.807. The third-order valence-corrected chi connectivity index (χ3v) is 4.02. The molecule has 0 spiro atoms. The first-order valence-electron chi connectivity index (χ1n) is 2.93. The van der Waals surface area contributed by atoms with E-state index in [1.807, 2.05) is 0 Å². The van der Waals surface area contributed by atoms with Gasteiger partial charge in [0.2, 0.25) is 0 Å². The first-order valence-corrected chi connectivity index (χ1v) is 5.13. The molecule has 0 aliphatic heterocycles. The Morgan fingerprint density at radius 3 is 2.00 bits per heavy atom. The van der Waals surface area contributed by atoms with Crippen molar-refractivity contribution in [3.8, 4) is 0 Å². The van der Waals surface area contributed by atoms with Crippen molar-refractivity contribution in [2.45, 2.75) is 19.5 Å². The van der Waals surface area contributed by atoms with E-state index in [1.54, 1.807) is 0 Å². The minimum absolute atomic E-state index is 0.0802. The van der Waals surface area contributed by atoms with Crippen LogP contribution in [-0.2, 0) is 5.62 Å². The Bertz CT molecular complexity index is 183. The fourth-order valence-corrected chi connectivity index (χ4v) is 2.84. The zero-order chi connectivity index (χ0) is 6.85. The highest BCUT2D eigenvalue weighted by molar-refractivity contribution is 7.49. The molecular formula is C7H10ClP. The topological polar surface area (TPSA) is 0 Å². The minimum atomic E-state index is -0.0802. The number of aryl methyl sites for hydroxylation is 2. The summed E-state index contributed by atoms with van der Waals surface area (Å²) in [4.78, 5) is 0. The van der Waals surface area contributed by atoms with Gasteiger partial charge >= 0.3 is 0 Å². The Hall–Kier alpha value is 0.0700. The Morgan fingerprint density at radius 2 is 1.78 bits per heavy atom. The molecule has 2 heteroatoms. The predicted octanol–water partition coefficient (Wildman–Crippen LogP) is 3.49. The highest BCUT2D eigenvalue weighted by atomic mass is 35.5. The van der Waals surface area contributed by atoms with E-state index in [-0.39, 0.29) is 7.53 Å². The van der Waals surface area contributed by atoms with Gasteiger partial charge in [-0.15, -0.1) is 19.1 Å². The lowest BCUT2D eigenvalue weighted by molar-refractivity contribution is 1.41. The van der Waals surface area contributed by atoms with Crippen LogP contribution in [0.5, 0.6) is 0 Å². The molecule has 0 fully saturated rings. The van der Waals surface area contributed by atoms with Crippen LogP contribution in [0.1, 0.15) is 11.1 Å². The van der Waals surface area contributed by atoms with Crippen LogP contribution in [0, 0.1) is 13.8 Å². The molecular weight excluding hydrogens is 151 g/mol. The Labute approximate surface area is 61.9 Å². The monoisotopic (exact) mass is 160 g/mol. The van der Waals surface area contributed by atoms with Crippen LogP contribution < -0.4 is 0 Å². The second-order valence-corrected chi connectivity index (χ2v) is 4.76. The molecule has 0 radical (unpaired) electrons. The lowest BCUT2D eigenvalue weighted by Crippen LogP contribution is -1.63. The molecule has 0 aliphatic carbocycles. The van der Waals surface area contributed by atoms with Crippen LogP contribution in [0.15, 0.2) is 11.6 Å². The molecule has 0 N–H and O–H groups in total. The van der Waals surface area contributed by atoms with Gasteiger partial charge in [-0.05, 0) is 36.6 Å². The van der Waals surface area contributed by atoms with Crippen molar-refractivity contribution in [3.05, 3.63) is 22.7 Å². The lowest BCUT2D eigenvalue weighted by Gasteiger charge is -1.81. The van der Waals surface area contributed by atoms with E-state index < -0.39 is 0 Å². The summed E-state index contributed by atoms with van der Waals surface area (Å²) in [6, 6.07) is 0. The summed E-state index contributed by atoms with van der Waals surface area (Å²) in [5.74, 6) is 4.55. The van der Waals surface area contributed by atoms with E-state index in [2.05, 4.69) is 25.4 Å². The first-order chi connectivity index (χ1) is 4.24. The van der Waals surface area contributed by atoms with Crippen molar-refractivity contribution < 1.29 is 0 Å². The van der Waals surface area contributed by atoms with Crippen LogP contribution in [0.3, 0.4) is 0 Å². The van der Waals surface area contributed by atoms with Crippen molar-refractivity contribution in [1.29, 1.82) is 0 Å². The van der Waals surface area contributed by atoms with Crippen LogP contribution >= 0.6 is 19.1 Å². The van der Waals surface area contributed by atoms with Crippen LogP contribution in [0.25, 0.3) is 0 Å². The van der Waals surface area contributed by atoms with Gasteiger partial charge in [0, 0.05) is 0 Å². The highest BCUT2D eigenvalue weighted by Crippen LogP contribution is 2.34. The van der Waals surface area contributed by atoms with Gasteiger partial charge in [0.1, 0.15) is 0 Å². The maximum atomic E-state index is 5.68. The van der Waals surface area contributed by atoms with Crippen molar-refractivity contribution in [3.63, 3.8) is 0 Å². The molecule has 0 aliphatic rings. The van der Waals surface area contributed by atoms with E-state index in [0.717, 1.165) is 5.62 Å².